The molecular formula is C19H30N2O3. The van der Waals surface area contributed by atoms with Crippen molar-refractivity contribution in [3.8, 4) is 0 Å². The van der Waals surface area contributed by atoms with Gasteiger partial charge in [0.05, 0.1) is 6.10 Å². The minimum atomic E-state index is -0.373. The predicted molar refractivity (Wildman–Crippen MR) is 94.6 cm³/mol. The Morgan fingerprint density at radius 2 is 2.04 bits per heavy atom. The number of hydrogen-bond donors (Lipinski definition) is 2. The van der Waals surface area contributed by atoms with Crippen LogP contribution in [0, 0.1) is 11.8 Å². The van der Waals surface area contributed by atoms with Gasteiger partial charge in [0.15, 0.2) is 0 Å². The van der Waals surface area contributed by atoms with Gasteiger partial charge < -0.3 is 20.1 Å². The Balaban J connectivity index is 1.79. The fourth-order valence-corrected chi connectivity index (χ4v) is 3.26. The molecule has 0 saturated carbocycles. The highest BCUT2D eigenvalue weighted by Gasteiger charge is 2.28. The van der Waals surface area contributed by atoms with Crippen molar-refractivity contribution in [1.82, 2.24) is 10.2 Å². The molecule has 1 fully saturated rings. The van der Waals surface area contributed by atoms with Crippen LogP contribution >= 0.6 is 0 Å². The SMILES string of the molecule is CC(C)C(O)CC1CC(NC(=O)OCc2ccccc2)CN(C)C1. The number of likely N-dealkylation sites (tertiary alicyclic amines) is 1. The highest BCUT2D eigenvalue weighted by atomic mass is 16.5. The molecule has 1 aromatic carbocycles. The van der Waals surface area contributed by atoms with Gasteiger partial charge in [-0.05, 0) is 37.3 Å². The number of amides is 1. The summed E-state index contributed by atoms with van der Waals surface area (Å²) in [5.74, 6) is 0.653. The monoisotopic (exact) mass is 334 g/mol. The molecule has 3 atom stereocenters. The summed E-state index contributed by atoms with van der Waals surface area (Å²) in [5, 5.41) is 13.1. The van der Waals surface area contributed by atoms with Crippen molar-refractivity contribution in [3.05, 3.63) is 35.9 Å². The van der Waals surface area contributed by atoms with Gasteiger partial charge in [-0.25, -0.2) is 4.79 Å². The first kappa shape index (κ1) is 18.7. The van der Waals surface area contributed by atoms with E-state index < -0.39 is 0 Å². The smallest absolute Gasteiger partial charge is 0.407 e. The van der Waals surface area contributed by atoms with Crippen molar-refractivity contribution >= 4 is 6.09 Å². The fourth-order valence-electron chi connectivity index (χ4n) is 3.26. The highest BCUT2D eigenvalue weighted by molar-refractivity contribution is 5.67. The van der Waals surface area contributed by atoms with E-state index >= 15 is 0 Å². The number of likely N-dealkylation sites (N-methyl/N-ethyl adjacent to an activating group) is 1. The molecule has 2 N–H and O–H groups in total. The van der Waals surface area contributed by atoms with Crippen LogP contribution in [0.5, 0.6) is 0 Å². The molecule has 3 unspecified atom stereocenters. The van der Waals surface area contributed by atoms with E-state index in [0.29, 0.717) is 5.92 Å². The Bertz CT molecular complexity index is 507. The van der Waals surface area contributed by atoms with Crippen LogP contribution in [0.3, 0.4) is 0 Å². The second kappa shape index (κ2) is 9.04. The number of hydrogen-bond acceptors (Lipinski definition) is 4. The summed E-state index contributed by atoms with van der Waals surface area (Å²) in [5.41, 5.74) is 0.978. The average Bonchev–Trinajstić information content (AvgIpc) is 2.53. The van der Waals surface area contributed by atoms with Crippen molar-refractivity contribution in [2.24, 2.45) is 11.8 Å². The molecule has 24 heavy (non-hydrogen) atoms. The summed E-state index contributed by atoms with van der Waals surface area (Å²) >= 11 is 0. The number of benzene rings is 1. The third-order valence-electron chi connectivity index (χ3n) is 4.60. The van der Waals surface area contributed by atoms with Gasteiger partial charge in [0.25, 0.3) is 0 Å². The van der Waals surface area contributed by atoms with Crippen molar-refractivity contribution in [2.75, 3.05) is 20.1 Å². The third-order valence-corrected chi connectivity index (χ3v) is 4.60. The number of nitrogens with zero attached hydrogens (tertiary/aromatic N) is 1. The van der Waals surface area contributed by atoms with Gasteiger partial charge in [0, 0.05) is 19.1 Å². The first-order valence-corrected chi connectivity index (χ1v) is 8.78. The maximum atomic E-state index is 12.0. The number of rotatable bonds is 6. The van der Waals surface area contributed by atoms with Gasteiger partial charge in [0.2, 0.25) is 0 Å². The Hall–Kier alpha value is -1.59. The lowest BCUT2D eigenvalue weighted by Gasteiger charge is -2.37. The van der Waals surface area contributed by atoms with Crippen LogP contribution in [0.2, 0.25) is 0 Å². The Kier molecular flexibility index (Phi) is 7.06. The van der Waals surface area contributed by atoms with Crippen molar-refractivity contribution < 1.29 is 14.6 Å². The molecule has 5 nitrogen and oxygen atoms in total. The van der Waals surface area contributed by atoms with Crippen molar-refractivity contribution in [2.45, 2.75) is 45.4 Å². The summed E-state index contributed by atoms with van der Waals surface area (Å²) in [6.07, 6.45) is 1.00. The Morgan fingerprint density at radius 1 is 1.33 bits per heavy atom. The van der Waals surface area contributed by atoms with Crippen molar-refractivity contribution in [3.63, 3.8) is 0 Å². The highest BCUT2D eigenvalue weighted by Crippen LogP contribution is 2.23. The van der Waals surface area contributed by atoms with Gasteiger partial charge in [-0.15, -0.1) is 0 Å². The molecule has 5 heteroatoms. The zero-order valence-electron chi connectivity index (χ0n) is 14.9. The van der Waals surface area contributed by atoms with Crippen molar-refractivity contribution in [1.29, 1.82) is 0 Å². The van der Waals surface area contributed by atoms with E-state index in [4.69, 9.17) is 4.74 Å². The molecular weight excluding hydrogens is 304 g/mol. The molecule has 1 heterocycles. The number of carbonyl (C=O) groups excluding carboxylic acids is 1. The Labute approximate surface area is 145 Å². The summed E-state index contributed by atoms with van der Waals surface area (Å²) in [7, 11) is 2.05. The standard InChI is InChI=1S/C19H30N2O3/c1-14(2)18(22)10-16-9-17(12-21(3)11-16)20-19(23)24-13-15-7-5-4-6-8-15/h4-8,14,16-18,22H,9-13H2,1-3H3,(H,20,23). The Morgan fingerprint density at radius 3 is 2.71 bits per heavy atom. The van der Waals surface area contributed by atoms with E-state index in [1.54, 1.807) is 0 Å². The van der Waals surface area contributed by atoms with Gasteiger partial charge in [-0.3, -0.25) is 0 Å². The maximum Gasteiger partial charge on any atom is 0.407 e. The van der Waals surface area contributed by atoms with Crippen LogP contribution in [-0.4, -0.2) is 48.4 Å². The lowest BCUT2D eigenvalue weighted by molar-refractivity contribution is 0.0664. The normalized spacial score (nSPS) is 23.0. The topological polar surface area (TPSA) is 61.8 Å². The first-order valence-electron chi connectivity index (χ1n) is 8.78. The number of carbonyl (C=O) groups is 1. The predicted octanol–water partition coefficient (Wildman–Crippen LogP) is 2.64. The largest absolute Gasteiger partial charge is 0.445 e. The van der Waals surface area contributed by atoms with Crippen LogP contribution in [0.15, 0.2) is 30.3 Å². The van der Waals surface area contributed by atoms with Crippen LogP contribution in [0.4, 0.5) is 4.79 Å². The fraction of sp³-hybridized carbons (Fsp3) is 0.632. The van der Waals surface area contributed by atoms with Crippen LogP contribution < -0.4 is 5.32 Å². The molecule has 1 saturated heterocycles. The minimum Gasteiger partial charge on any atom is -0.445 e. The molecule has 134 valence electrons. The lowest BCUT2D eigenvalue weighted by atomic mass is 9.87. The number of nitrogens with one attached hydrogen (secondary N) is 1. The molecule has 2 rings (SSSR count). The van der Waals surface area contributed by atoms with E-state index in [-0.39, 0.29) is 30.8 Å². The summed E-state index contributed by atoms with van der Waals surface area (Å²) in [6.45, 7) is 6.13. The number of aliphatic hydroxyl groups is 1. The number of piperidine rings is 1. The quantitative estimate of drug-likeness (QED) is 0.839. The number of alkyl carbamates (subject to hydrolysis) is 1. The second-order valence-electron chi connectivity index (χ2n) is 7.27. The van der Waals surface area contributed by atoms with Gasteiger partial charge >= 0.3 is 6.09 Å². The molecule has 1 aromatic rings. The van der Waals surface area contributed by atoms with E-state index in [1.807, 2.05) is 44.2 Å². The molecule has 0 aliphatic carbocycles. The molecule has 1 aliphatic rings. The molecule has 0 spiro atoms. The maximum absolute atomic E-state index is 12.0. The third kappa shape index (κ3) is 6.13. The van der Waals surface area contributed by atoms with Gasteiger partial charge in [-0.1, -0.05) is 44.2 Å². The average molecular weight is 334 g/mol. The van der Waals surface area contributed by atoms with Crippen LogP contribution in [-0.2, 0) is 11.3 Å². The summed E-state index contributed by atoms with van der Waals surface area (Å²) in [4.78, 5) is 14.2. The zero-order chi connectivity index (χ0) is 17.5. The minimum absolute atomic E-state index is 0.0661. The molecule has 0 aromatic heterocycles. The number of ether oxygens (including phenoxy) is 1. The van der Waals surface area contributed by atoms with Crippen LogP contribution in [0.25, 0.3) is 0 Å². The summed E-state index contributed by atoms with van der Waals surface area (Å²) < 4.78 is 5.30. The lowest BCUT2D eigenvalue weighted by Crippen LogP contribution is -2.50. The van der Waals surface area contributed by atoms with Gasteiger partial charge in [-0.2, -0.15) is 0 Å². The molecule has 0 bridgehead atoms. The zero-order valence-corrected chi connectivity index (χ0v) is 14.9. The molecule has 0 radical (unpaired) electrons. The van der Waals surface area contributed by atoms with Crippen LogP contribution in [0.1, 0.15) is 32.3 Å². The second-order valence-corrected chi connectivity index (χ2v) is 7.27. The van der Waals surface area contributed by atoms with E-state index in [1.165, 1.54) is 0 Å². The van der Waals surface area contributed by atoms with Gasteiger partial charge in [0.1, 0.15) is 6.61 Å². The summed E-state index contributed by atoms with van der Waals surface area (Å²) in [6, 6.07) is 9.73. The number of aliphatic hydroxyl groups excluding tert-OH is 1. The molecule has 1 amide bonds. The van der Waals surface area contributed by atoms with E-state index in [9.17, 15) is 9.90 Å². The molecule has 1 aliphatic heterocycles. The van der Waals surface area contributed by atoms with E-state index in [0.717, 1.165) is 31.5 Å². The van der Waals surface area contributed by atoms with E-state index in [2.05, 4.69) is 17.3 Å². The first-order chi connectivity index (χ1) is 11.4.